The largest absolute Gasteiger partial charge is 0.387 e. The van der Waals surface area contributed by atoms with Crippen LogP contribution in [0, 0.1) is 14.9 Å². The second kappa shape index (κ2) is 6.55. The molecule has 2 aromatic rings. The standard InChI is InChI=1S/C15H13IN2O/c16-13-2-1-3-14(8-13)18-10-15(19)12-6-4-11(9-17)5-7-12/h1-8,15,18-19H,10H2. The summed E-state index contributed by atoms with van der Waals surface area (Å²) < 4.78 is 1.15. The lowest BCUT2D eigenvalue weighted by molar-refractivity contribution is 0.191. The number of hydrogen-bond donors (Lipinski definition) is 2. The molecule has 0 aliphatic heterocycles. The first-order valence-electron chi connectivity index (χ1n) is 5.86. The fraction of sp³-hybridized carbons (Fsp3) is 0.133. The molecule has 0 aliphatic carbocycles. The molecular weight excluding hydrogens is 351 g/mol. The fourth-order valence-electron chi connectivity index (χ4n) is 1.71. The van der Waals surface area contributed by atoms with E-state index in [2.05, 4.69) is 34.0 Å². The molecule has 0 spiro atoms. The van der Waals surface area contributed by atoms with Gasteiger partial charge in [-0.1, -0.05) is 18.2 Å². The van der Waals surface area contributed by atoms with Gasteiger partial charge in [0.1, 0.15) is 0 Å². The number of nitrogens with one attached hydrogen (secondary N) is 1. The highest BCUT2D eigenvalue weighted by molar-refractivity contribution is 14.1. The molecule has 0 fully saturated rings. The monoisotopic (exact) mass is 364 g/mol. The Morgan fingerprint density at radius 1 is 1.21 bits per heavy atom. The second-order valence-electron chi connectivity index (χ2n) is 4.14. The van der Waals surface area contributed by atoms with Crippen molar-refractivity contribution >= 4 is 28.3 Å². The molecule has 0 aromatic heterocycles. The molecule has 0 amide bonds. The number of halogens is 1. The van der Waals surface area contributed by atoms with Crippen molar-refractivity contribution in [1.82, 2.24) is 0 Å². The van der Waals surface area contributed by atoms with Crippen LogP contribution in [0.3, 0.4) is 0 Å². The zero-order chi connectivity index (χ0) is 13.7. The van der Waals surface area contributed by atoms with Gasteiger partial charge in [0.2, 0.25) is 0 Å². The molecule has 0 saturated heterocycles. The van der Waals surface area contributed by atoms with Crippen LogP contribution in [0.2, 0.25) is 0 Å². The number of anilines is 1. The van der Waals surface area contributed by atoms with Crippen LogP contribution in [0.25, 0.3) is 0 Å². The number of aliphatic hydroxyl groups is 1. The van der Waals surface area contributed by atoms with E-state index < -0.39 is 6.10 Å². The van der Waals surface area contributed by atoms with Gasteiger partial charge in [-0.15, -0.1) is 0 Å². The van der Waals surface area contributed by atoms with Crippen molar-refractivity contribution in [2.24, 2.45) is 0 Å². The SMILES string of the molecule is N#Cc1ccc(C(O)CNc2cccc(I)c2)cc1. The molecular formula is C15H13IN2O. The molecule has 4 heteroatoms. The summed E-state index contributed by atoms with van der Waals surface area (Å²) in [7, 11) is 0. The molecule has 2 rings (SSSR count). The minimum atomic E-state index is -0.592. The molecule has 19 heavy (non-hydrogen) atoms. The van der Waals surface area contributed by atoms with Gasteiger partial charge in [0, 0.05) is 15.8 Å². The van der Waals surface area contributed by atoms with E-state index in [1.807, 2.05) is 24.3 Å². The third-order valence-corrected chi connectivity index (χ3v) is 3.42. The van der Waals surface area contributed by atoms with Crippen LogP contribution in [-0.2, 0) is 0 Å². The molecule has 1 unspecified atom stereocenters. The number of nitriles is 1. The van der Waals surface area contributed by atoms with E-state index in [-0.39, 0.29) is 0 Å². The van der Waals surface area contributed by atoms with E-state index in [0.717, 1.165) is 14.8 Å². The first kappa shape index (κ1) is 13.8. The predicted molar refractivity (Wildman–Crippen MR) is 83.8 cm³/mol. The Kier molecular flexibility index (Phi) is 4.77. The van der Waals surface area contributed by atoms with Crippen molar-refractivity contribution in [2.75, 3.05) is 11.9 Å². The maximum atomic E-state index is 10.1. The molecule has 3 nitrogen and oxygen atoms in total. The Bertz CT molecular complexity index is 590. The summed E-state index contributed by atoms with van der Waals surface area (Å²) in [5.41, 5.74) is 2.39. The van der Waals surface area contributed by atoms with Crippen LogP contribution >= 0.6 is 22.6 Å². The highest BCUT2D eigenvalue weighted by Crippen LogP contribution is 2.16. The number of hydrogen-bond acceptors (Lipinski definition) is 3. The molecule has 0 saturated carbocycles. The lowest BCUT2D eigenvalue weighted by atomic mass is 10.1. The maximum absolute atomic E-state index is 10.1. The zero-order valence-corrected chi connectivity index (χ0v) is 12.3. The number of benzene rings is 2. The maximum Gasteiger partial charge on any atom is 0.0991 e. The molecule has 0 radical (unpaired) electrons. The summed E-state index contributed by atoms with van der Waals surface area (Å²) in [6.45, 7) is 0.437. The summed E-state index contributed by atoms with van der Waals surface area (Å²) in [5.74, 6) is 0. The minimum Gasteiger partial charge on any atom is -0.387 e. The van der Waals surface area contributed by atoms with Crippen LogP contribution in [-0.4, -0.2) is 11.7 Å². The van der Waals surface area contributed by atoms with E-state index in [1.54, 1.807) is 24.3 Å². The van der Waals surface area contributed by atoms with Gasteiger partial charge in [-0.05, 0) is 58.5 Å². The summed E-state index contributed by atoms with van der Waals surface area (Å²) in [5, 5.41) is 22.0. The highest BCUT2D eigenvalue weighted by Gasteiger charge is 2.07. The molecule has 96 valence electrons. The van der Waals surface area contributed by atoms with Crippen LogP contribution in [0.5, 0.6) is 0 Å². The Morgan fingerprint density at radius 3 is 2.58 bits per heavy atom. The van der Waals surface area contributed by atoms with E-state index >= 15 is 0 Å². The van der Waals surface area contributed by atoms with Crippen LogP contribution in [0.4, 0.5) is 5.69 Å². The Morgan fingerprint density at radius 2 is 1.95 bits per heavy atom. The van der Waals surface area contributed by atoms with Gasteiger partial charge < -0.3 is 10.4 Å². The van der Waals surface area contributed by atoms with Crippen molar-refractivity contribution in [3.63, 3.8) is 0 Å². The Balaban J connectivity index is 1.97. The molecule has 1 atom stereocenters. The predicted octanol–water partition coefficient (Wildman–Crippen LogP) is 3.31. The Labute approximate surface area is 126 Å². The lowest BCUT2D eigenvalue weighted by Crippen LogP contribution is -2.12. The summed E-state index contributed by atoms with van der Waals surface area (Å²) in [6.07, 6.45) is -0.592. The van der Waals surface area contributed by atoms with E-state index in [1.165, 1.54) is 0 Å². The van der Waals surface area contributed by atoms with Gasteiger partial charge in [-0.3, -0.25) is 0 Å². The van der Waals surface area contributed by atoms with E-state index in [0.29, 0.717) is 12.1 Å². The van der Waals surface area contributed by atoms with Gasteiger partial charge in [0.05, 0.1) is 17.7 Å². The molecule has 2 aromatic carbocycles. The average molecular weight is 364 g/mol. The molecule has 2 N–H and O–H groups in total. The molecule has 0 bridgehead atoms. The first-order chi connectivity index (χ1) is 9.19. The van der Waals surface area contributed by atoms with Crippen LogP contribution in [0.1, 0.15) is 17.2 Å². The van der Waals surface area contributed by atoms with Crippen molar-refractivity contribution in [3.05, 3.63) is 63.2 Å². The highest BCUT2D eigenvalue weighted by atomic mass is 127. The molecule has 0 heterocycles. The molecule has 0 aliphatic rings. The summed E-state index contributed by atoms with van der Waals surface area (Å²) >= 11 is 2.25. The summed E-state index contributed by atoms with van der Waals surface area (Å²) in [6, 6.07) is 17.0. The number of nitrogens with zero attached hydrogens (tertiary/aromatic N) is 1. The summed E-state index contributed by atoms with van der Waals surface area (Å²) in [4.78, 5) is 0. The van der Waals surface area contributed by atoms with E-state index in [9.17, 15) is 5.11 Å². The zero-order valence-electron chi connectivity index (χ0n) is 10.2. The van der Waals surface area contributed by atoms with Gasteiger partial charge in [-0.25, -0.2) is 0 Å². The average Bonchev–Trinajstić information content (AvgIpc) is 2.45. The minimum absolute atomic E-state index is 0.437. The fourth-order valence-corrected chi connectivity index (χ4v) is 2.25. The smallest absolute Gasteiger partial charge is 0.0991 e. The van der Waals surface area contributed by atoms with Crippen LogP contribution in [0.15, 0.2) is 48.5 Å². The van der Waals surface area contributed by atoms with Gasteiger partial charge in [-0.2, -0.15) is 5.26 Å². The van der Waals surface area contributed by atoms with Gasteiger partial charge >= 0.3 is 0 Å². The van der Waals surface area contributed by atoms with Crippen molar-refractivity contribution < 1.29 is 5.11 Å². The van der Waals surface area contributed by atoms with E-state index in [4.69, 9.17) is 5.26 Å². The third-order valence-electron chi connectivity index (χ3n) is 2.75. The van der Waals surface area contributed by atoms with Crippen LogP contribution < -0.4 is 5.32 Å². The quantitative estimate of drug-likeness (QED) is 0.819. The van der Waals surface area contributed by atoms with Gasteiger partial charge in [0.25, 0.3) is 0 Å². The number of aliphatic hydroxyl groups excluding tert-OH is 1. The first-order valence-corrected chi connectivity index (χ1v) is 6.94. The van der Waals surface area contributed by atoms with Crippen molar-refractivity contribution in [1.29, 1.82) is 5.26 Å². The van der Waals surface area contributed by atoms with Crippen molar-refractivity contribution in [2.45, 2.75) is 6.10 Å². The third kappa shape index (κ3) is 3.94. The number of rotatable bonds is 4. The lowest BCUT2D eigenvalue weighted by Gasteiger charge is -2.13. The Hall–Kier alpha value is -1.58. The topological polar surface area (TPSA) is 56.0 Å². The second-order valence-corrected chi connectivity index (χ2v) is 5.39. The van der Waals surface area contributed by atoms with Crippen molar-refractivity contribution in [3.8, 4) is 6.07 Å². The normalized spacial score (nSPS) is 11.6. The van der Waals surface area contributed by atoms with Gasteiger partial charge in [0.15, 0.2) is 0 Å².